The van der Waals surface area contributed by atoms with Gasteiger partial charge in [0.1, 0.15) is 5.75 Å². The minimum Gasteiger partial charge on any atom is -0.493 e. The highest BCUT2D eigenvalue weighted by molar-refractivity contribution is 5.37. The van der Waals surface area contributed by atoms with Gasteiger partial charge in [-0.15, -0.1) is 0 Å². The molecule has 2 aliphatic carbocycles. The summed E-state index contributed by atoms with van der Waals surface area (Å²) in [5, 5.41) is 3.61. The van der Waals surface area contributed by atoms with Crippen molar-refractivity contribution in [2.24, 2.45) is 5.73 Å². The van der Waals surface area contributed by atoms with Gasteiger partial charge in [-0.3, -0.25) is 0 Å². The summed E-state index contributed by atoms with van der Waals surface area (Å²) in [6.07, 6.45) is 6.41. The predicted molar refractivity (Wildman–Crippen MR) is 77.5 cm³/mol. The molecule has 19 heavy (non-hydrogen) atoms. The van der Waals surface area contributed by atoms with Crippen molar-refractivity contribution < 1.29 is 4.74 Å². The Morgan fingerprint density at radius 3 is 2.53 bits per heavy atom. The molecule has 4 rings (SSSR count). The van der Waals surface area contributed by atoms with E-state index >= 15 is 0 Å². The molecule has 1 aromatic rings. The molecule has 3 heteroatoms. The van der Waals surface area contributed by atoms with Crippen molar-refractivity contribution in [2.45, 2.75) is 50.1 Å². The molecular weight excluding hydrogens is 236 g/mol. The number of rotatable bonds is 3. The van der Waals surface area contributed by atoms with E-state index in [1.165, 1.54) is 31.2 Å². The van der Waals surface area contributed by atoms with Gasteiger partial charge in [0.25, 0.3) is 0 Å². The lowest BCUT2D eigenvalue weighted by molar-refractivity contribution is 0.264. The quantitative estimate of drug-likeness (QED) is 0.877. The van der Waals surface area contributed by atoms with Gasteiger partial charge in [0, 0.05) is 24.5 Å². The molecule has 2 saturated carbocycles. The zero-order chi connectivity index (χ0) is 13.1. The maximum atomic E-state index is 5.65. The number of nitrogens with two attached hydrogens (primary N) is 1. The van der Waals surface area contributed by atoms with Crippen LogP contribution in [-0.2, 0) is 0 Å². The molecular formula is C16H24N2O. The second-order valence-electron chi connectivity index (χ2n) is 5.89. The number of ether oxygens (including phenoxy) is 1. The lowest BCUT2D eigenvalue weighted by Crippen LogP contribution is -2.27. The lowest BCUT2D eigenvalue weighted by atomic mass is 9.93. The Hall–Kier alpha value is -1.06. The second-order valence-corrected chi connectivity index (χ2v) is 5.89. The van der Waals surface area contributed by atoms with E-state index in [1.807, 2.05) is 0 Å². The van der Waals surface area contributed by atoms with Gasteiger partial charge in [0.05, 0.1) is 6.61 Å². The molecule has 3 N–H and O–H groups in total. The molecule has 0 spiro atoms. The van der Waals surface area contributed by atoms with Crippen molar-refractivity contribution in [1.82, 2.24) is 5.32 Å². The van der Waals surface area contributed by atoms with Crippen LogP contribution >= 0.6 is 0 Å². The fourth-order valence-electron chi connectivity index (χ4n) is 2.32. The Bertz CT molecular complexity index is 413. The molecule has 2 fully saturated rings. The SMILES string of the molecule is NC1CC1.c1ccc2c(c1)OCCC2CNC1CC1. The van der Waals surface area contributed by atoms with Gasteiger partial charge < -0.3 is 15.8 Å². The van der Waals surface area contributed by atoms with Gasteiger partial charge in [-0.25, -0.2) is 0 Å². The number of hydrogen-bond donors (Lipinski definition) is 2. The van der Waals surface area contributed by atoms with Gasteiger partial charge in [0.15, 0.2) is 0 Å². The van der Waals surface area contributed by atoms with Crippen LogP contribution in [0.2, 0.25) is 0 Å². The average molecular weight is 260 g/mol. The van der Waals surface area contributed by atoms with Crippen molar-refractivity contribution in [3.05, 3.63) is 29.8 Å². The van der Waals surface area contributed by atoms with E-state index in [-0.39, 0.29) is 0 Å². The molecule has 0 amide bonds. The van der Waals surface area contributed by atoms with Gasteiger partial charge in [-0.05, 0) is 43.7 Å². The molecule has 3 nitrogen and oxygen atoms in total. The van der Waals surface area contributed by atoms with E-state index in [0.29, 0.717) is 12.0 Å². The molecule has 104 valence electrons. The van der Waals surface area contributed by atoms with Gasteiger partial charge in [-0.2, -0.15) is 0 Å². The highest BCUT2D eigenvalue weighted by atomic mass is 16.5. The Morgan fingerprint density at radius 1 is 1.11 bits per heavy atom. The van der Waals surface area contributed by atoms with Crippen LogP contribution in [0.25, 0.3) is 0 Å². The molecule has 1 unspecified atom stereocenters. The molecule has 0 radical (unpaired) electrons. The first-order valence-electron chi connectivity index (χ1n) is 7.53. The van der Waals surface area contributed by atoms with Crippen LogP contribution in [0.4, 0.5) is 0 Å². The summed E-state index contributed by atoms with van der Waals surface area (Å²) in [6.45, 7) is 1.99. The van der Waals surface area contributed by atoms with Crippen LogP contribution in [-0.4, -0.2) is 25.2 Å². The van der Waals surface area contributed by atoms with E-state index in [2.05, 4.69) is 29.6 Å². The summed E-state index contributed by atoms with van der Waals surface area (Å²) in [7, 11) is 0. The van der Waals surface area contributed by atoms with E-state index in [4.69, 9.17) is 10.5 Å². The molecule has 0 aromatic heterocycles. The van der Waals surface area contributed by atoms with Crippen molar-refractivity contribution in [3.63, 3.8) is 0 Å². The zero-order valence-electron chi connectivity index (χ0n) is 11.5. The third-order valence-corrected chi connectivity index (χ3v) is 3.94. The summed E-state index contributed by atoms with van der Waals surface area (Å²) >= 11 is 0. The first-order chi connectivity index (χ1) is 9.33. The zero-order valence-corrected chi connectivity index (χ0v) is 11.5. The number of para-hydroxylation sites is 1. The third kappa shape index (κ3) is 3.95. The fourth-order valence-corrected chi connectivity index (χ4v) is 2.32. The standard InChI is InChI=1S/C13H17NO.C3H7N/c1-2-4-13-12(3-1)10(7-8-15-13)9-14-11-5-6-11;4-3-1-2-3/h1-4,10-11,14H,5-9H2;3H,1-2,4H2. The number of fused-ring (bicyclic) bond motifs is 1. The van der Waals surface area contributed by atoms with Crippen LogP contribution in [0.3, 0.4) is 0 Å². The largest absolute Gasteiger partial charge is 0.493 e. The third-order valence-electron chi connectivity index (χ3n) is 3.94. The normalized spacial score (nSPS) is 24.8. The molecule has 0 bridgehead atoms. The summed E-state index contributed by atoms with van der Waals surface area (Å²) in [5.41, 5.74) is 6.61. The maximum Gasteiger partial charge on any atom is 0.122 e. The van der Waals surface area contributed by atoms with Crippen molar-refractivity contribution in [2.75, 3.05) is 13.2 Å². The average Bonchev–Trinajstić information content (AvgIpc) is 3.34. The minimum atomic E-state index is 0.583. The van der Waals surface area contributed by atoms with Crippen LogP contribution in [0.15, 0.2) is 24.3 Å². The van der Waals surface area contributed by atoms with Crippen LogP contribution in [0.1, 0.15) is 43.6 Å². The molecule has 3 aliphatic rings. The molecule has 0 saturated heterocycles. The van der Waals surface area contributed by atoms with E-state index in [9.17, 15) is 0 Å². The second kappa shape index (κ2) is 5.93. The molecule has 1 atom stereocenters. The summed E-state index contributed by atoms with van der Waals surface area (Å²) in [6, 6.07) is 9.83. The van der Waals surface area contributed by atoms with Crippen LogP contribution in [0.5, 0.6) is 5.75 Å². The van der Waals surface area contributed by atoms with Crippen molar-refractivity contribution in [1.29, 1.82) is 0 Å². The lowest BCUT2D eigenvalue weighted by Gasteiger charge is -2.26. The fraction of sp³-hybridized carbons (Fsp3) is 0.625. The monoisotopic (exact) mass is 260 g/mol. The maximum absolute atomic E-state index is 5.65. The van der Waals surface area contributed by atoms with E-state index in [0.717, 1.165) is 31.4 Å². The number of hydrogen-bond acceptors (Lipinski definition) is 3. The first-order valence-corrected chi connectivity index (χ1v) is 7.53. The van der Waals surface area contributed by atoms with E-state index < -0.39 is 0 Å². The number of nitrogens with one attached hydrogen (secondary N) is 1. The van der Waals surface area contributed by atoms with Crippen molar-refractivity contribution in [3.8, 4) is 5.75 Å². The van der Waals surface area contributed by atoms with Crippen LogP contribution in [0, 0.1) is 0 Å². The Kier molecular flexibility index (Phi) is 4.04. The Morgan fingerprint density at radius 2 is 1.84 bits per heavy atom. The number of benzene rings is 1. The smallest absolute Gasteiger partial charge is 0.122 e. The minimum absolute atomic E-state index is 0.583. The van der Waals surface area contributed by atoms with Crippen molar-refractivity contribution >= 4 is 0 Å². The highest BCUT2D eigenvalue weighted by Gasteiger charge is 2.25. The Labute approximate surface area is 115 Å². The predicted octanol–water partition coefficient (Wildman–Crippen LogP) is 2.41. The summed E-state index contributed by atoms with van der Waals surface area (Å²) in [5.74, 6) is 1.74. The van der Waals surface area contributed by atoms with Gasteiger partial charge >= 0.3 is 0 Å². The summed E-state index contributed by atoms with van der Waals surface area (Å²) < 4.78 is 5.65. The summed E-state index contributed by atoms with van der Waals surface area (Å²) in [4.78, 5) is 0. The highest BCUT2D eigenvalue weighted by Crippen LogP contribution is 2.33. The van der Waals surface area contributed by atoms with E-state index in [1.54, 1.807) is 0 Å². The molecule has 1 aliphatic heterocycles. The molecule has 1 aromatic carbocycles. The topological polar surface area (TPSA) is 47.3 Å². The Balaban J connectivity index is 0.000000237. The first kappa shape index (κ1) is 12.9. The van der Waals surface area contributed by atoms with Gasteiger partial charge in [0.2, 0.25) is 0 Å². The van der Waals surface area contributed by atoms with Gasteiger partial charge in [-0.1, -0.05) is 18.2 Å². The van der Waals surface area contributed by atoms with Crippen LogP contribution < -0.4 is 15.8 Å². The molecule has 1 heterocycles.